The summed E-state index contributed by atoms with van der Waals surface area (Å²) in [5.74, 6) is -1.14. The first-order chi connectivity index (χ1) is 14.4. The molecular formula is C21H19FN4O3S. The second-order valence-electron chi connectivity index (χ2n) is 7.82. The molecule has 3 heterocycles. The van der Waals surface area contributed by atoms with E-state index in [2.05, 4.69) is 10.2 Å². The molecule has 2 aliphatic rings. The lowest BCUT2D eigenvalue weighted by molar-refractivity contribution is 0.0653. The number of amides is 1. The van der Waals surface area contributed by atoms with Crippen molar-refractivity contribution in [3.63, 3.8) is 0 Å². The van der Waals surface area contributed by atoms with Gasteiger partial charge in [-0.2, -0.15) is 0 Å². The summed E-state index contributed by atoms with van der Waals surface area (Å²) in [5.41, 5.74) is 0.525. The van der Waals surface area contributed by atoms with Crippen LogP contribution in [0.5, 0.6) is 5.75 Å². The summed E-state index contributed by atoms with van der Waals surface area (Å²) in [6, 6.07) is 6.25. The molecule has 1 fully saturated rings. The lowest BCUT2D eigenvalue weighted by atomic mass is 10.1. The minimum Gasteiger partial charge on any atom is -0.503 e. The van der Waals surface area contributed by atoms with Crippen LogP contribution >= 0.6 is 11.3 Å². The Morgan fingerprint density at radius 1 is 1.20 bits per heavy atom. The predicted molar refractivity (Wildman–Crippen MR) is 109 cm³/mol. The average molecular weight is 426 g/mol. The molecule has 30 heavy (non-hydrogen) atoms. The zero-order chi connectivity index (χ0) is 21.0. The first-order valence-corrected chi connectivity index (χ1v) is 10.6. The van der Waals surface area contributed by atoms with Gasteiger partial charge >= 0.3 is 0 Å². The lowest BCUT2D eigenvalue weighted by Crippen LogP contribution is -2.44. The number of nitrogens with zero attached hydrogens (tertiary/aromatic N) is 4. The Bertz CT molecular complexity index is 1200. The first kappa shape index (κ1) is 18.9. The average Bonchev–Trinajstić information content (AvgIpc) is 3.47. The molecule has 1 saturated carbocycles. The van der Waals surface area contributed by atoms with Gasteiger partial charge in [0, 0.05) is 31.2 Å². The Kier molecular flexibility index (Phi) is 4.43. The molecular weight excluding hydrogens is 407 g/mol. The lowest BCUT2D eigenvalue weighted by Gasteiger charge is -2.35. The number of hydrogen-bond acceptors (Lipinski definition) is 6. The molecule has 0 spiro atoms. The maximum Gasteiger partial charge on any atom is 0.274 e. The van der Waals surface area contributed by atoms with Crippen molar-refractivity contribution in [1.82, 2.24) is 19.7 Å². The van der Waals surface area contributed by atoms with Crippen molar-refractivity contribution in [1.29, 1.82) is 0 Å². The van der Waals surface area contributed by atoms with Gasteiger partial charge in [-0.3, -0.25) is 9.59 Å². The fourth-order valence-electron chi connectivity index (χ4n) is 3.83. The highest BCUT2D eigenvalue weighted by molar-refractivity contribution is 7.14. The van der Waals surface area contributed by atoms with Gasteiger partial charge in [0.15, 0.2) is 16.5 Å². The number of rotatable bonds is 4. The van der Waals surface area contributed by atoms with E-state index in [9.17, 15) is 19.1 Å². The highest BCUT2D eigenvalue weighted by atomic mass is 32.1. The van der Waals surface area contributed by atoms with Crippen LogP contribution in [0.25, 0.3) is 10.6 Å². The third kappa shape index (κ3) is 3.19. The molecule has 1 aliphatic carbocycles. The Morgan fingerprint density at radius 2 is 1.93 bits per heavy atom. The highest BCUT2D eigenvalue weighted by Gasteiger charge is 2.40. The van der Waals surface area contributed by atoms with Gasteiger partial charge in [0.2, 0.25) is 5.43 Å². The number of hydrogen-bond donors (Lipinski definition) is 1. The summed E-state index contributed by atoms with van der Waals surface area (Å²) in [6.07, 6.45) is 3.99. The molecule has 0 saturated heterocycles. The molecule has 0 bridgehead atoms. The minimum absolute atomic E-state index is 0.0467. The maximum absolute atomic E-state index is 13.1. The van der Waals surface area contributed by atoms with Gasteiger partial charge in [-0.1, -0.05) is 23.5 Å². The second kappa shape index (κ2) is 7.02. The van der Waals surface area contributed by atoms with E-state index in [1.807, 2.05) is 6.92 Å². The monoisotopic (exact) mass is 426 g/mol. The standard InChI is InChI=1S/C21H19FN4O3S/c1-11-9-26(14-6-7-14)21(29)17-19(28)18(27)15(10-25(11)17)20-24-23-16(30-20)8-12-2-4-13(22)5-3-12/h2-5,10-11,14,28H,6-9H2,1H3. The summed E-state index contributed by atoms with van der Waals surface area (Å²) in [6.45, 7) is 2.50. The van der Waals surface area contributed by atoms with E-state index in [0.717, 1.165) is 18.4 Å². The number of halogens is 1. The van der Waals surface area contributed by atoms with Crippen LogP contribution in [0.3, 0.4) is 0 Å². The molecule has 1 aromatic carbocycles. The Balaban J connectivity index is 1.50. The predicted octanol–water partition coefficient (Wildman–Crippen LogP) is 2.98. The van der Waals surface area contributed by atoms with E-state index in [0.29, 0.717) is 23.0 Å². The number of carbonyl (C=O) groups excluding carboxylic acids is 1. The van der Waals surface area contributed by atoms with Crippen LogP contribution in [-0.2, 0) is 6.42 Å². The summed E-state index contributed by atoms with van der Waals surface area (Å²) in [7, 11) is 0. The van der Waals surface area contributed by atoms with Gasteiger partial charge in [-0.05, 0) is 37.5 Å². The molecule has 1 amide bonds. The number of aromatic nitrogens is 3. The van der Waals surface area contributed by atoms with Crippen molar-refractivity contribution in [3.05, 3.63) is 62.8 Å². The molecule has 0 radical (unpaired) electrons. The smallest absolute Gasteiger partial charge is 0.274 e. The van der Waals surface area contributed by atoms with Crippen molar-refractivity contribution in [2.24, 2.45) is 0 Å². The molecule has 3 aromatic rings. The van der Waals surface area contributed by atoms with Crippen LogP contribution < -0.4 is 5.43 Å². The van der Waals surface area contributed by atoms with Crippen LogP contribution in [0.4, 0.5) is 4.39 Å². The number of carbonyl (C=O) groups is 1. The van der Waals surface area contributed by atoms with E-state index in [-0.39, 0.29) is 35.1 Å². The highest BCUT2D eigenvalue weighted by Crippen LogP contribution is 2.36. The van der Waals surface area contributed by atoms with E-state index in [1.165, 1.54) is 23.5 Å². The maximum atomic E-state index is 13.1. The molecule has 9 heteroatoms. The molecule has 1 aliphatic heterocycles. The molecule has 154 valence electrons. The zero-order valence-electron chi connectivity index (χ0n) is 16.2. The number of benzene rings is 1. The second-order valence-corrected chi connectivity index (χ2v) is 8.88. The SMILES string of the molecule is CC1CN(C2CC2)C(=O)c2c(O)c(=O)c(-c3nnc(Cc4ccc(F)cc4)s3)cn21. The molecule has 1 unspecified atom stereocenters. The molecule has 7 nitrogen and oxygen atoms in total. The van der Waals surface area contributed by atoms with Crippen molar-refractivity contribution in [2.45, 2.75) is 38.3 Å². The summed E-state index contributed by atoms with van der Waals surface area (Å²) in [5, 5.41) is 19.9. The molecule has 1 atom stereocenters. The third-order valence-corrected chi connectivity index (χ3v) is 6.52. The van der Waals surface area contributed by atoms with E-state index in [4.69, 9.17) is 0 Å². The third-order valence-electron chi connectivity index (χ3n) is 5.56. The number of aromatic hydroxyl groups is 1. The van der Waals surface area contributed by atoms with Gasteiger partial charge < -0.3 is 14.6 Å². The normalized spacial score (nSPS) is 18.5. The Morgan fingerprint density at radius 3 is 2.63 bits per heavy atom. The quantitative estimate of drug-likeness (QED) is 0.693. The van der Waals surface area contributed by atoms with Crippen LogP contribution in [0, 0.1) is 5.82 Å². The summed E-state index contributed by atoms with van der Waals surface area (Å²) in [4.78, 5) is 27.5. The Hall–Kier alpha value is -3.07. The van der Waals surface area contributed by atoms with Crippen LogP contribution in [0.1, 0.15) is 46.9 Å². The van der Waals surface area contributed by atoms with Crippen molar-refractivity contribution >= 4 is 17.2 Å². The zero-order valence-corrected chi connectivity index (χ0v) is 17.0. The van der Waals surface area contributed by atoms with Gasteiger partial charge in [0.1, 0.15) is 10.8 Å². The van der Waals surface area contributed by atoms with Crippen molar-refractivity contribution < 1.29 is 14.3 Å². The largest absolute Gasteiger partial charge is 0.503 e. The Labute approximate surface area is 175 Å². The van der Waals surface area contributed by atoms with Crippen molar-refractivity contribution in [2.75, 3.05) is 6.54 Å². The fraction of sp³-hybridized carbons (Fsp3) is 0.333. The van der Waals surface area contributed by atoms with Gasteiger partial charge in [-0.25, -0.2) is 4.39 Å². The van der Waals surface area contributed by atoms with Gasteiger partial charge in [-0.15, -0.1) is 10.2 Å². The van der Waals surface area contributed by atoms with Crippen LogP contribution in [0.2, 0.25) is 0 Å². The van der Waals surface area contributed by atoms with Crippen molar-refractivity contribution in [3.8, 4) is 16.3 Å². The van der Waals surface area contributed by atoms with Gasteiger partial charge in [0.05, 0.1) is 5.56 Å². The fourth-order valence-corrected chi connectivity index (χ4v) is 4.72. The first-order valence-electron chi connectivity index (χ1n) is 9.78. The van der Waals surface area contributed by atoms with E-state index in [1.54, 1.807) is 27.8 Å². The van der Waals surface area contributed by atoms with E-state index < -0.39 is 11.2 Å². The van der Waals surface area contributed by atoms with Gasteiger partial charge in [0.25, 0.3) is 5.91 Å². The number of pyridine rings is 1. The molecule has 5 rings (SSSR count). The topological polar surface area (TPSA) is 88.3 Å². The summed E-state index contributed by atoms with van der Waals surface area (Å²) >= 11 is 1.24. The molecule has 2 aromatic heterocycles. The van der Waals surface area contributed by atoms with Crippen LogP contribution in [-0.4, -0.2) is 43.3 Å². The summed E-state index contributed by atoms with van der Waals surface area (Å²) < 4.78 is 14.8. The number of fused-ring (bicyclic) bond motifs is 1. The van der Waals surface area contributed by atoms with E-state index >= 15 is 0 Å². The molecule has 1 N–H and O–H groups in total. The van der Waals surface area contributed by atoms with Crippen LogP contribution in [0.15, 0.2) is 35.3 Å². The minimum atomic E-state index is -0.621.